The number of carbonyl (C=O) groups is 4. The van der Waals surface area contributed by atoms with E-state index in [0.717, 1.165) is 121 Å². The predicted molar refractivity (Wildman–Crippen MR) is 432 cm³/mol. The molecule has 0 heterocycles. The Bertz CT molecular complexity index is 2120. The van der Waals surface area contributed by atoms with Crippen LogP contribution in [0.25, 0.3) is 0 Å². The summed E-state index contributed by atoms with van der Waals surface area (Å²) in [4.78, 5) is 73.1. The van der Waals surface area contributed by atoms with Crippen molar-refractivity contribution in [3.63, 3.8) is 0 Å². The van der Waals surface area contributed by atoms with E-state index in [1.807, 2.05) is 0 Å². The van der Waals surface area contributed by atoms with Gasteiger partial charge in [-0.1, -0.05) is 375 Å². The molecule has 620 valence electrons. The molecule has 0 aliphatic heterocycles. The maximum atomic E-state index is 13.1. The fraction of sp³-hybridized carbons (Fsp3) is 0.907. The van der Waals surface area contributed by atoms with Crippen molar-refractivity contribution in [3.05, 3.63) is 24.3 Å². The molecule has 17 nitrogen and oxygen atoms in total. The summed E-state index contributed by atoms with van der Waals surface area (Å²) >= 11 is 0. The van der Waals surface area contributed by atoms with Crippen LogP contribution >= 0.6 is 15.6 Å². The van der Waals surface area contributed by atoms with Crippen LogP contribution in [-0.4, -0.2) is 96.7 Å². The molecule has 105 heavy (non-hydrogen) atoms. The van der Waals surface area contributed by atoms with E-state index in [0.29, 0.717) is 31.6 Å². The van der Waals surface area contributed by atoms with Crippen LogP contribution < -0.4 is 0 Å². The molecule has 0 radical (unpaired) electrons. The molecule has 3 N–H and O–H groups in total. The third kappa shape index (κ3) is 78.0. The summed E-state index contributed by atoms with van der Waals surface area (Å²) in [6.07, 6.45) is 68.9. The molecule has 0 saturated heterocycles. The Morgan fingerprint density at radius 3 is 0.848 bits per heavy atom. The Kier molecular flexibility index (Phi) is 73.8. The van der Waals surface area contributed by atoms with Crippen LogP contribution in [-0.2, 0) is 65.4 Å². The summed E-state index contributed by atoms with van der Waals surface area (Å²) in [7, 11) is -9.94. The van der Waals surface area contributed by atoms with Gasteiger partial charge in [0.1, 0.15) is 19.3 Å². The molecule has 0 spiro atoms. The molecule has 0 fully saturated rings. The minimum Gasteiger partial charge on any atom is -0.462 e. The standard InChI is InChI=1S/C86H164O17P2/c1-8-10-11-12-13-14-15-16-22-30-35-40-47-55-62-69-86(91)103-82(74-97-84(89)68-61-54-49-42-44-51-58-65-78(5)6)76-101-105(94,95)99-72-80(87)71-98-104(92,93)100-75-81(102-85(90)70-63-56-48-41-36-31-26-21-23-27-32-37-43-50-57-64-77(3)4)73-96-83(88)67-60-53-46-39-34-29-25-20-18-17-19-24-28-33-38-45-52-59-66-79(7)9-2/h14-16,22,77-82,87H,8-13,17-21,23-76H2,1-7H3,(H,92,93)(H,94,95)/b15-14-,22-16-/t79?,80?,81-,82-/m1/s1. The third-order valence-corrected chi connectivity index (χ3v) is 21.8. The topological polar surface area (TPSA) is 237 Å². The van der Waals surface area contributed by atoms with E-state index in [-0.39, 0.29) is 25.7 Å². The summed E-state index contributed by atoms with van der Waals surface area (Å²) in [5, 5.41) is 10.7. The number of aliphatic hydroxyl groups is 1. The first-order valence-electron chi connectivity index (χ1n) is 43.7. The van der Waals surface area contributed by atoms with Gasteiger partial charge in [0.05, 0.1) is 26.4 Å². The van der Waals surface area contributed by atoms with Crippen LogP contribution in [0.5, 0.6) is 0 Å². The monoisotopic (exact) mass is 1530 g/mol. The molecule has 0 amide bonds. The lowest BCUT2D eigenvalue weighted by atomic mass is 9.99. The number of aliphatic hydroxyl groups excluding tert-OH is 1. The number of ether oxygens (including phenoxy) is 4. The minimum absolute atomic E-state index is 0.0843. The number of esters is 4. The van der Waals surface area contributed by atoms with Gasteiger partial charge >= 0.3 is 39.5 Å². The van der Waals surface area contributed by atoms with Gasteiger partial charge in [0.2, 0.25) is 0 Å². The number of unbranched alkanes of at least 4 members (excludes halogenated alkanes) is 46. The fourth-order valence-corrected chi connectivity index (χ4v) is 14.4. The maximum absolute atomic E-state index is 13.1. The van der Waals surface area contributed by atoms with Crippen molar-refractivity contribution in [1.82, 2.24) is 0 Å². The number of hydrogen-bond donors (Lipinski definition) is 3. The van der Waals surface area contributed by atoms with Crippen molar-refractivity contribution >= 4 is 39.5 Å². The van der Waals surface area contributed by atoms with E-state index in [9.17, 15) is 43.2 Å². The molecule has 6 atom stereocenters. The van der Waals surface area contributed by atoms with Gasteiger partial charge in [-0.15, -0.1) is 0 Å². The summed E-state index contributed by atoms with van der Waals surface area (Å²) in [5.41, 5.74) is 0. The summed E-state index contributed by atoms with van der Waals surface area (Å²) in [5.74, 6) is 0.239. The van der Waals surface area contributed by atoms with E-state index in [4.69, 9.17) is 37.0 Å². The SMILES string of the molecule is CCCCCC/C=C\C=C/CCCCCCCC(=O)O[C@H](COC(=O)CCCCCCCCCC(C)C)COP(=O)(O)OCC(O)COP(=O)(O)OC[C@@H](COC(=O)CCCCCCCCCCCCCCCCCCCCC(C)CC)OC(=O)CCCCCCCCCCCCCCCCCC(C)C. The molecule has 0 saturated carbocycles. The molecule has 0 aromatic rings. The first-order chi connectivity index (χ1) is 50.8. The Balaban J connectivity index is 5.24. The van der Waals surface area contributed by atoms with Crippen LogP contribution in [0.15, 0.2) is 24.3 Å². The van der Waals surface area contributed by atoms with Crippen LogP contribution in [0.1, 0.15) is 427 Å². The lowest BCUT2D eigenvalue weighted by Gasteiger charge is -2.21. The smallest absolute Gasteiger partial charge is 0.462 e. The highest BCUT2D eigenvalue weighted by Gasteiger charge is 2.30. The van der Waals surface area contributed by atoms with Crippen LogP contribution in [0.4, 0.5) is 0 Å². The van der Waals surface area contributed by atoms with Gasteiger partial charge in [-0.2, -0.15) is 0 Å². The molecule has 0 rings (SSSR count). The second kappa shape index (κ2) is 75.6. The van der Waals surface area contributed by atoms with Crippen molar-refractivity contribution in [2.45, 2.75) is 446 Å². The third-order valence-electron chi connectivity index (χ3n) is 19.9. The summed E-state index contributed by atoms with van der Waals surface area (Å²) < 4.78 is 68.8. The second-order valence-corrected chi connectivity index (χ2v) is 34.3. The molecule has 0 aliphatic carbocycles. The Hall–Kier alpha value is -2.46. The highest BCUT2D eigenvalue weighted by atomic mass is 31.2. The molecule has 4 unspecified atom stereocenters. The zero-order valence-electron chi connectivity index (χ0n) is 68.7. The molecular formula is C86H164O17P2. The van der Waals surface area contributed by atoms with Crippen molar-refractivity contribution < 1.29 is 80.2 Å². The number of allylic oxidation sites excluding steroid dienone is 4. The van der Waals surface area contributed by atoms with Crippen LogP contribution in [0, 0.1) is 17.8 Å². The van der Waals surface area contributed by atoms with Gasteiger partial charge in [0, 0.05) is 25.7 Å². The van der Waals surface area contributed by atoms with Gasteiger partial charge in [0.25, 0.3) is 0 Å². The molecule has 19 heteroatoms. The number of hydrogen-bond acceptors (Lipinski definition) is 15. The molecular weight excluding hydrogens is 1370 g/mol. The largest absolute Gasteiger partial charge is 0.472 e. The van der Waals surface area contributed by atoms with Gasteiger partial charge in [-0.05, 0) is 69.1 Å². The van der Waals surface area contributed by atoms with Crippen molar-refractivity contribution in [2.75, 3.05) is 39.6 Å². The predicted octanol–water partition coefficient (Wildman–Crippen LogP) is 25.6. The first kappa shape index (κ1) is 103. The minimum atomic E-state index is -4.97. The molecule has 0 aromatic heterocycles. The zero-order chi connectivity index (χ0) is 77.2. The normalized spacial score (nSPS) is 14.3. The number of phosphoric ester groups is 2. The fourth-order valence-electron chi connectivity index (χ4n) is 12.8. The highest BCUT2D eigenvalue weighted by molar-refractivity contribution is 7.47. The zero-order valence-corrected chi connectivity index (χ0v) is 70.5. The number of rotatable bonds is 82. The van der Waals surface area contributed by atoms with Crippen LogP contribution in [0.2, 0.25) is 0 Å². The van der Waals surface area contributed by atoms with Crippen LogP contribution in [0.3, 0.4) is 0 Å². The quantitative estimate of drug-likeness (QED) is 0.0169. The van der Waals surface area contributed by atoms with E-state index >= 15 is 0 Å². The van der Waals surface area contributed by atoms with Crippen molar-refractivity contribution in [2.24, 2.45) is 17.8 Å². The van der Waals surface area contributed by atoms with E-state index in [2.05, 4.69) is 72.8 Å². The van der Waals surface area contributed by atoms with E-state index in [1.165, 1.54) is 218 Å². The lowest BCUT2D eigenvalue weighted by Crippen LogP contribution is -2.30. The van der Waals surface area contributed by atoms with Gasteiger partial charge in [0.15, 0.2) is 12.2 Å². The van der Waals surface area contributed by atoms with Crippen molar-refractivity contribution in [3.8, 4) is 0 Å². The van der Waals surface area contributed by atoms with E-state index < -0.39 is 97.5 Å². The average molecular weight is 1530 g/mol. The lowest BCUT2D eigenvalue weighted by molar-refractivity contribution is -0.161. The van der Waals surface area contributed by atoms with Gasteiger partial charge < -0.3 is 33.8 Å². The Labute approximate surface area is 643 Å². The van der Waals surface area contributed by atoms with E-state index in [1.54, 1.807) is 0 Å². The number of phosphoric acid groups is 2. The first-order valence-corrected chi connectivity index (χ1v) is 46.7. The maximum Gasteiger partial charge on any atom is 0.472 e. The average Bonchev–Trinajstić information content (AvgIpc) is 0.914. The molecule has 0 aliphatic rings. The highest BCUT2D eigenvalue weighted by Crippen LogP contribution is 2.45. The summed E-state index contributed by atoms with van der Waals surface area (Å²) in [6, 6.07) is 0. The molecule has 0 bridgehead atoms. The Morgan fingerprint density at radius 1 is 0.314 bits per heavy atom. The second-order valence-electron chi connectivity index (χ2n) is 31.4. The number of carbonyl (C=O) groups excluding carboxylic acids is 4. The molecule has 0 aromatic carbocycles. The van der Waals surface area contributed by atoms with Gasteiger partial charge in [-0.3, -0.25) is 37.3 Å². The van der Waals surface area contributed by atoms with Gasteiger partial charge in [-0.25, -0.2) is 9.13 Å². The Morgan fingerprint density at radius 2 is 0.562 bits per heavy atom. The van der Waals surface area contributed by atoms with Crippen molar-refractivity contribution in [1.29, 1.82) is 0 Å². The summed E-state index contributed by atoms with van der Waals surface area (Å²) in [6.45, 7) is 11.9.